The van der Waals surface area contributed by atoms with Crippen LogP contribution in [-0.4, -0.2) is 11.7 Å². The zero-order chi connectivity index (χ0) is 13.5. The van der Waals surface area contributed by atoms with Crippen LogP contribution in [0.2, 0.25) is 0 Å². The number of hydrogen-bond donors (Lipinski definition) is 1. The van der Waals surface area contributed by atoms with E-state index in [9.17, 15) is 5.11 Å². The molecule has 0 heterocycles. The van der Waals surface area contributed by atoms with Crippen molar-refractivity contribution in [3.05, 3.63) is 47.1 Å². The molecule has 0 aliphatic rings. The summed E-state index contributed by atoms with van der Waals surface area (Å²) in [6.07, 6.45) is 4.85. The number of ether oxygens (including phenoxy) is 1. The van der Waals surface area contributed by atoms with E-state index in [0.717, 1.165) is 17.7 Å². The predicted molar refractivity (Wildman–Crippen MR) is 76.2 cm³/mol. The summed E-state index contributed by atoms with van der Waals surface area (Å²) in [5.41, 5.74) is 3.37. The number of benzene rings is 1. The lowest BCUT2D eigenvalue weighted by Crippen LogP contribution is -1.95. The van der Waals surface area contributed by atoms with Crippen LogP contribution in [0.1, 0.15) is 33.3 Å². The third-order valence-corrected chi connectivity index (χ3v) is 2.52. The maximum absolute atomic E-state index is 9.76. The van der Waals surface area contributed by atoms with Crippen LogP contribution >= 0.6 is 0 Å². The Labute approximate surface area is 110 Å². The van der Waals surface area contributed by atoms with Crippen molar-refractivity contribution in [3.63, 3.8) is 0 Å². The van der Waals surface area contributed by atoms with Crippen molar-refractivity contribution in [1.29, 1.82) is 0 Å². The lowest BCUT2D eigenvalue weighted by molar-refractivity contribution is 0.360. The van der Waals surface area contributed by atoms with Crippen molar-refractivity contribution < 1.29 is 9.84 Å². The zero-order valence-corrected chi connectivity index (χ0v) is 11.7. The lowest BCUT2D eigenvalue weighted by Gasteiger charge is -2.07. The Kier molecular flexibility index (Phi) is 5.50. The number of phenolic OH excluding ortho intramolecular Hbond substituents is 1. The molecule has 1 N–H and O–H groups in total. The molecule has 0 bridgehead atoms. The standard InChI is InChI=1S/C16H22O2/c1-12(2)5-6-14-11-15(7-8-16(14)17)18-10-9-13(3)4/h5,7-9,11,17H,6,10H2,1-4H3. The quantitative estimate of drug-likeness (QED) is 0.787. The third-order valence-electron chi connectivity index (χ3n) is 2.52. The van der Waals surface area contributed by atoms with Crippen molar-refractivity contribution in [3.8, 4) is 11.5 Å². The van der Waals surface area contributed by atoms with Gasteiger partial charge in [-0.3, -0.25) is 0 Å². The molecule has 0 radical (unpaired) electrons. The average Bonchev–Trinajstić information content (AvgIpc) is 2.29. The average molecular weight is 246 g/mol. The van der Waals surface area contributed by atoms with Crippen LogP contribution in [-0.2, 0) is 6.42 Å². The van der Waals surface area contributed by atoms with E-state index in [4.69, 9.17) is 4.74 Å². The van der Waals surface area contributed by atoms with Gasteiger partial charge in [0.25, 0.3) is 0 Å². The molecule has 0 aromatic heterocycles. The minimum Gasteiger partial charge on any atom is -0.508 e. The molecule has 0 fully saturated rings. The van der Waals surface area contributed by atoms with E-state index in [-0.39, 0.29) is 0 Å². The third kappa shape index (κ3) is 5.09. The molecule has 0 amide bonds. The first-order valence-electron chi connectivity index (χ1n) is 6.20. The molecular weight excluding hydrogens is 224 g/mol. The smallest absolute Gasteiger partial charge is 0.120 e. The maximum atomic E-state index is 9.76. The number of allylic oxidation sites excluding steroid dienone is 3. The SMILES string of the molecule is CC(C)=CCOc1ccc(O)c(CC=C(C)C)c1. The normalized spacial score (nSPS) is 9.78. The molecule has 2 nitrogen and oxygen atoms in total. The fourth-order valence-electron chi connectivity index (χ4n) is 1.43. The number of hydrogen-bond acceptors (Lipinski definition) is 2. The van der Waals surface area contributed by atoms with Gasteiger partial charge in [0, 0.05) is 5.56 Å². The first kappa shape index (κ1) is 14.4. The Morgan fingerprint density at radius 2 is 1.78 bits per heavy atom. The van der Waals surface area contributed by atoms with Crippen LogP contribution in [0, 0.1) is 0 Å². The Morgan fingerprint density at radius 1 is 1.11 bits per heavy atom. The molecule has 2 heteroatoms. The van der Waals surface area contributed by atoms with Crippen LogP contribution in [0.25, 0.3) is 0 Å². The lowest BCUT2D eigenvalue weighted by atomic mass is 10.1. The monoisotopic (exact) mass is 246 g/mol. The van der Waals surface area contributed by atoms with Gasteiger partial charge in [-0.15, -0.1) is 0 Å². The van der Waals surface area contributed by atoms with E-state index in [0.29, 0.717) is 12.4 Å². The van der Waals surface area contributed by atoms with Gasteiger partial charge in [-0.25, -0.2) is 0 Å². The van der Waals surface area contributed by atoms with Crippen molar-refractivity contribution in [2.75, 3.05) is 6.61 Å². The summed E-state index contributed by atoms with van der Waals surface area (Å²) in [6.45, 7) is 8.74. The van der Waals surface area contributed by atoms with Crippen molar-refractivity contribution >= 4 is 0 Å². The number of rotatable bonds is 5. The molecule has 1 rings (SSSR count). The summed E-state index contributed by atoms with van der Waals surface area (Å²) in [7, 11) is 0. The van der Waals surface area contributed by atoms with Gasteiger partial charge in [-0.1, -0.05) is 17.2 Å². The largest absolute Gasteiger partial charge is 0.508 e. The van der Waals surface area contributed by atoms with Gasteiger partial charge in [-0.2, -0.15) is 0 Å². The number of phenols is 1. The minimum absolute atomic E-state index is 0.321. The summed E-state index contributed by atoms with van der Waals surface area (Å²) >= 11 is 0. The molecule has 1 aromatic carbocycles. The van der Waals surface area contributed by atoms with E-state index in [1.807, 2.05) is 39.8 Å². The molecule has 0 atom stereocenters. The molecule has 0 saturated heterocycles. The van der Waals surface area contributed by atoms with Gasteiger partial charge in [0.15, 0.2) is 0 Å². The van der Waals surface area contributed by atoms with Crippen LogP contribution < -0.4 is 4.74 Å². The van der Waals surface area contributed by atoms with Crippen LogP contribution in [0.4, 0.5) is 0 Å². The fourth-order valence-corrected chi connectivity index (χ4v) is 1.43. The van der Waals surface area contributed by atoms with E-state index in [1.54, 1.807) is 12.1 Å². The van der Waals surface area contributed by atoms with Crippen LogP contribution in [0.3, 0.4) is 0 Å². The van der Waals surface area contributed by atoms with Gasteiger partial charge in [0.1, 0.15) is 18.1 Å². The van der Waals surface area contributed by atoms with Gasteiger partial charge in [0.05, 0.1) is 0 Å². The summed E-state index contributed by atoms with van der Waals surface area (Å²) in [4.78, 5) is 0. The second-order valence-corrected chi connectivity index (χ2v) is 4.87. The van der Waals surface area contributed by atoms with E-state index in [1.165, 1.54) is 11.1 Å². The topological polar surface area (TPSA) is 29.5 Å². The first-order valence-corrected chi connectivity index (χ1v) is 6.20. The van der Waals surface area contributed by atoms with E-state index >= 15 is 0 Å². The Balaban J connectivity index is 2.74. The Hall–Kier alpha value is -1.70. The van der Waals surface area contributed by atoms with Gasteiger partial charge in [-0.05, 0) is 58.4 Å². The zero-order valence-electron chi connectivity index (χ0n) is 11.7. The summed E-state index contributed by atoms with van der Waals surface area (Å²) < 4.78 is 5.61. The van der Waals surface area contributed by atoms with Crippen molar-refractivity contribution in [2.24, 2.45) is 0 Å². The second kappa shape index (κ2) is 6.90. The van der Waals surface area contributed by atoms with Gasteiger partial charge >= 0.3 is 0 Å². The van der Waals surface area contributed by atoms with Crippen LogP contribution in [0.15, 0.2) is 41.5 Å². The molecule has 0 spiro atoms. The highest BCUT2D eigenvalue weighted by atomic mass is 16.5. The van der Waals surface area contributed by atoms with Crippen molar-refractivity contribution in [2.45, 2.75) is 34.1 Å². The first-order chi connectivity index (χ1) is 8.49. The fraction of sp³-hybridized carbons (Fsp3) is 0.375. The molecule has 0 saturated carbocycles. The van der Waals surface area contributed by atoms with E-state index in [2.05, 4.69) is 6.08 Å². The molecule has 1 aromatic rings. The molecular formula is C16H22O2. The second-order valence-electron chi connectivity index (χ2n) is 4.87. The summed E-state index contributed by atoms with van der Waals surface area (Å²) in [5.74, 6) is 1.12. The van der Waals surface area contributed by atoms with Crippen molar-refractivity contribution in [1.82, 2.24) is 0 Å². The highest BCUT2D eigenvalue weighted by Gasteiger charge is 2.02. The minimum atomic E-state index is 0.321. The molecule has 0 unspecified atom stereocenters. The molecule has 0 aliphatic carbocycles. The summed E-state index contributed by atoms with van der Waals surface area (Å²) in [5, 5.41) is 9.76. The predicted octanol–water partition coefficient (Wildman–Crippen LogP) is 4.25. The van der Waals surface area contributed by atoms with Gasteiger partial charge < -0.3 is 9.84 Å². The summed E-state index contributed by atoms with van der Waals surface area (Å²) in [6, 6.07) is 5.37. The highest BCUT2D eigenvalue weighted by Crippen LogP contribution is 2.24. The Bertz CT molecular complexity index is 448. The number of aromatic hydroxyl groups is 1. The maximum Gasteiger partial charge on any atom is 0.120 e. The van der Waals surface area contributed by atoms with Gasteiger partial charge in [0.2, 0.25) is 0 Å². The molecule has 18 heavy (non-hydrogen) atoms. The molecule has 0 aliphatic heterocycles. The Morgan fingerprint density at radius 3 is 2.39 bits per heavy atom. The van der Waals surface area contributed by atoms with Crippen LogP contribution in [0.5, 0.6) is 11.5 Å². The molecule has 98 valence electrons. The highest BCUT2D eigenvalue weighted by molar-refractivity contribution is 5.40. The van der Waals surface area contributed by atoms with E-state index < -0.39 is 0 Å².